The molecular weight excluding hydrogens is 824 g/mol. The summed E-state index contributed by atoms with van der Waals surface area (Å²) in [5.41, 5.74) is 11.8. The average Bonchev–Trinajstić information content (AvgIpc) is 4.01. The Morgan fingerprint density at radius 3 is 1.95 bits per heavy atom. The molecule has 14 rings (SSSR count). The minimum absolute atomic E-state index is 0.396. The number of nitriles is 1. The quantitative estimate of drug-likeness (QED) is 0.178. The molecule has 0 N–H and O–H groups in total. The maximum Gasteiger partial charge on any atom is 0.416 e. The topological polar surface area (TPSA) is 45.1 Å². The highest BCUT2D eigenvalue weighted by Crippen LogP contribution is 2.64. The largest absolute Gasteiger partial charge is 0.452 e. The van der Waals surface area contributed by atoms with Gasteiger partial charge in [0.05, 0.1) is 44.6 Å². The van der Waals surface area contributed by atoms with Crippen LogP contribution in [0.5, 0.6) is 0 Å². The summed E-state index contributed by atoms with van der Waals surface area (Å²) in [6.07, 6.45) is -4.53. The van der Waals surface area contributed by atoms with E-state index in [2.05, 4.69) is 138 Å². The van der Waals surface area contributed by atoms with Gasteiger partial charge >= 0.3 is 6.18 Å². The van der Waals surface area contributed by atoms with Crippen molar-refractivity contribution in [2.24, 2.45) is 0 Å². The fourth-order valence-electron chi connectivity index (χ4n) is 11.7. The van der Waals surface area contributed by atoms with Crippen LogP contribution in [0.2, 0.25) is 0 Å². The Morgan fingerprint density at radius 2 is 1.14 bits per heavy atom. The van der Waals surface area contributed by atoms with Crippen molar-refractivity contribution in [2.45, 2.75) is 11.6 Å². The fraction of sp³-hybridized carbons (Fsp3) is 0.0339. The van der Waals surface area contributed by atoms with Crippen LogP contribution in [0, 0.1) is 11.3 Å². The first-order valence-corrected chi connectivity index (χ1v) is 21.9. The van der Waals surface area contributed by atoms with Crippen molar-refractivity contribution < 1.29 is 17.6 Å². The first kappa shape index (κ1) is 36.8. The minimum atomic E-state index is -4.53. The molecule has 2 aromatic heterocycles. The Balaban J connectivity index is 1.18. The van der Waals surface area contributed by atoms with E-state index in [0.29, 0.717) is 28.1 Å². The molecule has 0 fully saturated rings. The molecule has 66 heavy (non-hydrogen) atoms. The molecule has 0 saturated carbocycles. The fourth-order valence-corrected chi connectivity index (χ4v) is 11.7. The third-order valence-electron chi connectivity index (χ3n) is 14.2. The van der Waals surface area contributed by atoms with E-state index in [0.717, 1.165) is 100 Å². The second kappa shape index (κ2) is 13.0. The highest BCUT2D eigenvalue weighted by atomic mass is 19.4. The van der Waals surface area contributed by atoms with Gasteiger partial charge in [-0.1, -0.05) is 140 Å². The minimum Gasteiger partial charge on any atom is -0.452 e. The number of hydrogen-bond acceptors (Lipinski definition) is 3. The summed E-state index contributed by atoms with van der Waals surface area (Å²) in [5.74, 6) is 0. The summed E-state index contributed by atoms with van der Waals surface area (Å²) in [5, 5.41) is 18.3. The highest BCUT2D eigenvalue weighted by molar-refractivity contribution is 6.19. The lowest BCUT2D eigenvalue weighted by Gasteiger charge is -2.40. The van der Waals surface area contributed by atoms with Gasteiger partial charge in [-0.15, -0.1) is 0 Å². The third-order valence-corrected chi connectivity index (χ3v) is 14.2. The van der Waals surface area contributed by atoms with Gasteiger partial charge in [0.25, 0.3) is 0 Å². The Hall–Kier alpha value is -8.60. The number of alkyl halides is 3. The number of aromatic nitrogens is 1. The third kappa shape index (κ3) is 4.62. The lowest BCUT2D eigenvalue weighted by molar-refractivity contribution is -0.137. The molecule has 1 aliphatic carbocycles. The number of hydrogen-bond donors (Lipinski definition) is 0. The Morgan fingerprint density at radius 1 is 0.500 bits per heavy atom. The Labute approximate surface area is 375 Å². The molecule has 1 spiro atoms. The maximum atomic E-state index is 14.3. The van der Waals surface area contributed by atoms with E-state index in [1.54, 1.807) is 18.2 Å². The van der Waals surface area contributed by atoms with Crippen LogP contribution >= 0.6 is 0 Å². The number of para-hydroxylation sites is 5. The molecule has 1 aliphatic heterocycles. The summed E-state index contributed by atoms with van der Waals surface area (Å²) in [7, 11) is 0. The first-order chi connectivity index (χ1) is 32.4. The predicted octanol–water partition coefficient (Wildman–Crippen LogP) is 16.0. The van der Waals surface area contributed by atoms with Crippen molar-refractivity contribution in [3.8, 4) is 22.9 Å². The molecule has 0 amide bonds. The summed E-state index contributed by atoms with van der Waals surface area (Å²) in [6.45, 7) is 0. The zero-order valence-electron chi connectivity index (χ0n) is 34.9. The van der Waals surface area contributed by atoms with Crippen LogP contribution in [0.15, 0.2) is 199 Å². The molecule has 0 bridgehead atoms. The van der Waals surface area contributed by atoms with Crippen LogP contribution in [0.4, 0.5) is 30.2 Å². The van der Waals surface area contributed by atoms with Crippen LogP contribution < -0.4 is 4.90 Å². The molecule has 2 aliphatic rings. The van der Waals surface area contributed by atoms with Gasteiger partial charge in [-0.2, -0.15) is 18.4 Å². The van der Waals surface area contributed by atoms with E-state index in [1.165, 1.54) is 10.9 Å². The van der Waals surface area contributed by atoms with E-state index in [1.807, 2.05) is 41.3 Å². The average molecular weight is 856 g/mol. The van der Waals surface area contributed by atoms with Crippen molar-refractivity contribution in [2.75, 3.05) is 4.90 Å². The number of fused-ring (bicyclic) bond motifs is 19. The van der Waals surface area contributed by atoms with E-state index in [4.69, 9.17) is 4.42 Å². The van der Waals surface area contributed by atoms with Gasteiger partial charge in [-0.05, 0) is 104 Å². The van der Waals surface area contributed by atoms with Crippen molar-refractivity contribution in [1.82, 2.24) is 4.57 Å². The standard InChI is InChI=1S/C59H32F3N3O/c60-59(61,62)36-27-29-37(30-28-36)64(51-25-11-20-44-43-19-9-13-35(33-63)56(43)66-57(44)51)52-32-48-54(41-17-4-3-15-39(41)52)53-38-14-2-1-12-34(38)26-31-46(53)58(48)45-21-6-8-24-50(45)65-49-23-7-5-16-40(49)42-18-10-22-47(58)55(42)65/h1-32H. The van der Waals surface area contributed by atoms with Crippen molar-refractivity contribution >= 4 is 82.4 Å². The molecule has 7 heteroatoms. The molecule has 310 valence electrons. The molecular formula is C59H32F3N3O. The van der Waals surface area contributed by atoms with E-state index in [-0.39, 0.29) is 0 Å². The van der Waals surface area contributed by atoms with Gasteiger partial charge in [0.1, 0.15) is 6.07 Å². The van der Waals surface area contributed by atoms with Crippen LogP contribution in [-0.4, -0.2) is 4.57 Å². The maximum absolute atomic E-state index is 14.3. The van der Waals surface area contributed by atoms with Gasteiger partial charge in [-0.25, -0.2) is 0 Å². The van der Waals surface area contributed by atoms with Gasteiger partial charge in [0, 0.05) is 32.6 Å². The van der Waals surface area contributed by atoms with E-state index < -0.39 is 17.2 Å². The molecule has 3 heterocycles. The van der Waals surface area contributed by atoms with Gasteiger partial charge in [0.15, 0.2) is 11.2 Å². The van der Waals surface area contributed by atoms with Crippen LogP contribution in [0.3, 0.4) is 0 Å². The molecule has 1 unspecified atom stereocenters. The van der Waals surface area contributed by atoms with E-state index >= 15 is 0 Å². The lowest BCUT2D eigenvalue weighted by Crippen LogP contribution is -2.33. The van der Waals surface area contributed by atoms with Crippen LogP contribution in [-0.2, 0) is 11.6 Å². The summed E-state index contributed by atoms with van der Waals surface area (Å²) in [4.78, 5) is 2.04. The second-order valence-electron chi connectivity index (χ2n) is 17.3. The molecule has 12 aromatic rings. The van der Waals surface area contributed by atoms with Gasteiger partial charge in [-0.3, -0.25) is 0 Å². The predicted molar refractivity (Wildman–Crippen MR) is 258 cm³/mol. The summed E-state index contributed by atoms with van der Waals surface area (Å²) in [6, 6.07) is 66.8. The second-order valence-corrected chi connectivity index (χ2v) is 17.3. The normalized spacial score (nSPS) is 14.9. The van der Waals surface area contributed by atoms with Crippen molar-refractivity contribution in [3.05, 3.63) is 228 Å². The lowest BCUT2D eigenvalue weighted by atomic mass is 9.65. The number of nitrogens with zero attached hydrogens (tertiary/aromatic N) is 3. The van der Waals surface area contributed by atoms with Crippen molar-refractivity contribution in [1.29, 1.82) is 5.26 Å². The monoisotopic (exact) mass is 855 g/mol. The SMILES string of the molecule is N#Cc1cccc2c1oc1c(N(c3ccc(C(F)(F)F)cc3)c3cc4c(c5ccccc35)-c3c(ccc5ccccc35)C43c4ccccc4-n4c5ccccc5c5cccc3c54)cccc12. The smallest absolute Gasteiger partial charge is 0.416 e. The number of halogens is 3. The molecule has 1 atom stereocenters. The van der Waals surface area contributed by atoms with Crippen LogP contribution in [0.1, 0.15) is 33.4 Å². The Bertz CT molecular complexity index is 4130. The van der Waals surface area contributed by atoms with Crippen LogP contribution in [0.25, 0.3) is 82.1 Å². The zero-order valence-corrected chi connectivity index (χ0v) is 34.9. The molecule has 4 nitrogen and oxygen atoms in total. The molecule has 0 radical (unpaired) electrons. The molecule has 10 aromatic carbocycles. The van der Waals surface area contributed by atoms with Gasteiger partial charge in [0.2, 0.25) is 0 Å². The zero-order chi connectivity index (χ0) is 44.1. The van der Waals surface area contributed by atoms with Crippen molar-refractivity contribution in [3.63, 3.8) is 0 Å². The number of rotatable bonds is 3. The number of furan rings is 1. The first-order valence-electron chi connectivity index (χ1n) is 21.9. The Kier molecular flexibility index (Phi) is 7.26. The number of anilines is 3. The van der Waals surface area contributed by atoms with E-state index in [9.17, 15) is 18.4 Å². The number of benzene rings is 10. The highest BCUT2D eigenvalue weighted by Gasteiger charge is 2.52. The summed E-state index contributed by atoms with van der Waals surface area (Å²) >= 11 is 0. The summed E-state index contributed by atoms with van der Waals surface area (Å²) < 4.78 is 52.0. The molecule has 0 saturated heterocycles. The van der Waals surface area contributed by atoms with Gasteiger partial charge < -0.3 is 13.9 Å².